The fraction of sp³-hybridized carbons (Fsp3) is 0.684. The topological polar surface area (TPSA) is 129 Å². The highest BCUT2D eigenvalue weighted by molar-refractivity contribution is 9.08. The largest absolute Gasteiger partial charge is 0.827 e. The SMILES string of the molecule is COC([O-])C[N+]1(C)CC[N+](C)(CC([O-])OC)CC[N+](C)(CC([O-])OC)C(Cc2ccc(-c3cccc(CBr)c3)cc2)C[N+](C)(CC([O-])OC)CC1. The summed E-state index contributed by atoms with van der Waals surface area (Å²) < 4.78 is 22.7. The molecule has 1 aliphatic rings. The van der Waals surface area contributed by atoms with Crippen molar-refractivity contribution in [1.82, 2.24) is 0 Å². The van der Waals surface area contributed by atoms with Crippen molar-refractivity contribution in [1.29, 1.82) is 0 Å². The minimum Gasteiger partial charge on any atom is -0.827 e. The molecule has 2 aromatic carbocycles. The molecular weight excluding hydrogens is 720 g/mol. The van der Waals surface area contributed by atoms with E-state index in [1.165, 1.54) is 34.0 Å². The second-order valence-electron chi connectivity index (χ2n) is 15.6. The molecule has 290 valence electrons. The van der Waals surface area contributed by atoms with Gasteiger partial charge >= 0.3 is 0 Å². The van der Waals surface area contributed by atoms with Crippen LogP contribution in [0.2, 0.25) is 0 Å². The van der Waals surface area contributed by atoms with E-state index >= 15 is 0 Å². The molecule has 0 spiro atoms. The fourth-order valence-electron chi connectivity index (χ4n) is 7.35. The zero-order valence-electron chi connectivity index (χ0n) is 32.1. The van der Waals surface area contributed by atoms with Gasteiger partial charge in [-0.3, -0.25) is 0 Å². The van der Waals surface area contributed by atoms with E-state index in [1.807, 2.05) is 0 Å². The average Bonchev–Trinajstić information content (AvgIpc) is 3.12. The third-order valence-electron chi connectivity index (χ3n) is 11.3. The second kappa shape index (κ2) is 19.7. The van der Waals surface area contributed by atoms with E-state index in [4.69, 9.17) is 18.9 Å². The lowest BCUT2D eigenvalue weighted by atomic mass is 9.97. The van der Waals surface area contributed by atoms with Crippen LogP contribution >= 0.6 is 15.9 Å². The number of halogens is 1. The minimum atomic E-state index is -1.26. The lowest BCUT2D eigenvalue weighted by Gasteiger charge is -2.52. The van der Waals surface area contributed by atoms with Gasteiger partial charge in [0, 0.05) is 65.4 Å². The van der Waals surface area contributed by atoms with Gasteiger partial charge in [0.05, 0.1) is 54.4 Å². The first kappa shape index (κ1) is 43.8. The second-order valence-corrected chi connectivity index (χ2v) is 16.2. The number of benzene rings is 2. The summed E-state index contributed by atoms with van der Waals surface area (Å²) in [5.74, 6) is 0. The number of quaternary nitrogens is 4. The van der Waals surface area contributed by atoms with Gasteiger partial charge in [0.15, 0.2) is 0 Å². The molecular formula is C38H63BrN4O8. The molecule has 0 saturated carbocycles. The van der Waals surface area contributed by atoms with Gasteiger partial charge in [-0.15, -0.1) is 0 Å². The number of ether oxygens (including phenoxy) is 4. The normalized spacial score (nSPS) is 30.5. The van der Waals surface area contributed by atoms with E-state index < -0.39 is 25.2 Å². The summed E-state index contributed by atoms with van der Waals surface area (Å²) in [6.07, 6.45) is -4.27. The van der Waals surface area contributed by atoms with Crippen LogP contribution < -0.4 is 20.4 Å². The van der Waals surface area contributed by atoms with E-state index in [0.29, 0.717) is 70.2 Å². The Morgan fingerprint density at radius 1 is 0.588 bits per heavy atom. The number of alkyl halides is 1. The predicted molar refractivity (Wildman–Crippen MR) is 193 cm³/mol. The van der Waals surface area contributed by atoms with Gasteiger partial charge in [-0.2, -0.15) is 0 Å². The van der Waals surface area contributed by atoms with E-state index in [-0.39, 0.29) is 32.2 Å². The number of nitrogens with zero attached hydrogens (tertiary/aromatic N) is 4. The molecule has 0 amide bonds. The van der Waals surface area contributed by atoms with Crippen molar-refractivity contribution >= 4 is 15.9 Å². The summed E-state index contributed by atoms with van der Waals surface area (Å²) >= 11 is 3.56. The van der Waals surface area contributed by atoms with Crippen molar-refractivity contribution in [2.24, 2.45) is 0 Å². The maximum absolute atomic E-state index is 13.2. The van der Waals surface area contributed by atoms with Crippen LogP contribution in [0.15, 0.2) is 48.5 Å². The highest BCUT2D eigenvalue weighted by atomic mass is 79.9. The van der Waals surface area contributed by atoms with Crippen LogP contribution in [0.3, 0.4) is 0 Å². The van der Waals surface area contributed by atoms with Gasteiger partial charge in [0.25, 0.3) is 0 Å². The van der Waals surface area contributed by atoms with Crippen molar-refractivity contribution in [2.45, 2.75) is 43.0 Å². The standard InChI is InChI=1S/C38H63BrN4O8/c1-40(26-35(44)48-5)16-17-41(2,27-36(45)49-6)20-21-43(4,29-38(47)51-8)34(25-42(3,19-18-40)28-37(46)50-7)23-30-12-14-32(15-13-30)33-11-9-10-31(22-33)24-39/h9-15,22,34-38H,16-21,23-29H2,1-8H3. The Kier molecular flexibility index (Phi) is 16.9. The van der Waals surface area contributed by atoms with Crippen molar-refractivity contribution in [3.05, 3.63) is 59.7 Å². The lowest BCUT2D eigenvalue weighted by molar-refractivity contribution is -1.03. The summed E-state index contributed by atoms with van der Waals surface area (Å²) in [5.41, 5.74) is 4.59. The van der Waals surface area contributed by atoms with E-state index in [1.54, 1.807) is 0 Å². The molecule has 13 heteroatoms. The molecule has 2 aromatic rings. The molecule has 1 saturated heterocycles. The average molecular weight is 784 g/mol. The van der Waals surface area contributed by atoms with Gasteiger partial charge in [-0.1, -0.05) is 64.5 Å². The number of hydrogen-bond acceptors (Lipinski definition) is 8. The molecule has 1 fully saturated rings. The Morgan fingerprint density at radius 3 is 1.53 bits per heavy atom. The molecule has 12 nitrogen and oxygen atoms in total. The van der Waals surface area contributed by atoms with Crippen LogP contribution in [0.1, 0.15) is 11.1 Å². The number of hydrogen-bond donors (Lipinski definition) is 0. The maximum atomic E-state index is 13.2. The Hall–Kier alpha value is -1.56. The number of methoxy groups -OCH3 is 4. The summed E-state index contributed by atoms with van der Waals surface area (Å²) in [5, 5.41) is 52.8. The number of rotatable bonds is 16. The van der Waals surface area contributed by atoms with Crippen LogP contribution in [-0.4, -0.2) is 178 Å². The van der Waals surface area contributed by atoms with Gasteiger partial charge in [0.2, 0.25) is 0 Å². The molecule has 0 radical (unpaired) electrons. The van der Waals surface area contributed by atoms with Crippen molar-refractivity contribution in [3.8, 4) is 11.1 Å². The van der Waals surface area contributed by atoms with Crippen LogP contribution in [0.5, 0.6) is 0 Å². The zero-order valence-corrected chi connectivity index (χ0v) is 33.7. The Labute approximate surface area is 314 Å². The molecule has 9 atom stereocenters. The van der Waals surface area contributed by atoms with E-state index in [0.717, 1.165) is 22.0 Å². The van der Waals surface area contributed by atoms with Crippen molar-refractivity contribution in [2.75, 3.05) is 129 Å². The lowest BCUT2D eigenvalue weighted by Crippen LogP contribution is -2.71. The minimum absolute atomic E-state index is 0.100. The highest BCUT2D eigenvalue weighted by Crippen LogP contribution is 2.27. The summed E-state index contributed by atoms with van der Waals surface area (Å²) in [7, 11) is 14.1. The summed E-state index contributed by atoms with van der Waals surface area (Å²) in [4.78, 5) is 0. The molecule has 1 aliphatic heterocycles. The maximum Gasteiger partial charge on any atom is 0.143 e. The van der Waals surface area contributed by atoms with Crippen LogP contribution in [-0.2, 0) is 30.7 Å². The van der Waals surface area contributed by atoms with E-state index in [9.17, 15) is 20.4 Å². The molecule has 0 aromatic heterocycles. The van der Waals surface area contributed by atoms with Crippen molar-refractivity contribution in [3.63, 3.8) is 0 Å². The molecule has 51 heavy (non-hydrogen) atoms. The molecule has 1 heterocycles. The Morgan fingerprint density at radius 2 is 1.04 bits per heavy atom. The van der Waals surface area contributed by atoms with E-state index in [2.05, 4.69) is 92.7 Å². The molecule has 0 bridgehead atoms. The van der Waals surface area contributed by atoms with Crippen LogP contribution in [0.4, 0.5) is 0 Å². The van der Waals surface area contributed by atoms with Gasteiger partial charge in [-0.05, 0) is 22.3 Å². The third-order valence-corrected chi connectivity index (χ3v) is 11.9. The Bertz CT molecular complexity index is 1330. The Balaban J connectivity index is 2.13. The third kappa shape index (κ3) is 13.4. The summed E-state index contributed by atoms with van der Waals surface area (Å²) in [6, 6.07) is 17.0. The summed E-state index contributed by atoms with van der Waals surface area (Å²) in [6.45, 7) is 5.18. The zero-order chi connectivity index (χ0) is 37.9. The van der Waals surface area contributed by atoms with Crippen LogP contribution in [0.25, 0.3) is 11.1 Å². The molecule has 3 rings (SSSR count). The molecule has 0 N–H and O–H groups in total. The highest BCUT2D eigenvalue weighted by Gasteiger charge is 2.44. The first-order valence-electron chi connectivity index (χ1n) is 17.9. The van der Waals surface area contributed by atoms with Gasteiger partial charge in [-0.25, -0.2) is 0 Å². The number of likely N-dealkylation sites (N-methyl/N-ethyl adjacent to an activating group) is 4. The quantitative estimate of drug-likeness (QED) is 0.124. The monoisotopic (exact) mass is 782 g/mol. The smallest absolute Gasteiger partial charge is 0.143 e. The molecule has 0 aliphatic carbocycles. The molecule has 9 unspecified atom stereocenters. The van der Waals surface area contributed by atoms with Gasteiger partial charge < -0.3 is 57.3 Å². The van der Waals surface area contributed by atoms with Crippen molar-refractivity contribution < 1.29 is 57.3 Å². The first-order chi connectivity index (χ1) is 24.0. The predicted octanol–water partition coefficient (Wildman–Crippen LogP) is -0.709. The fourth-order valence-corrected chi connectivity index (χ4v) is 7.70. The van der Waals surface area contributed by atoms with Gasteiger partial charge in [0.1, 0.15) is 51.9 Å². The van der Waals surface area contributed by atoms with Crippen LogP contribution in [0, 0.1) is 0 Å². The first-order valence-corrected chi connectivity index (χ1v) is 19.0.